The van der Waals surface area contributed by atoms with E-state index in [1.807, 2.05) is 13.8 Å². The number of nitrogens with two attached hydrogens (primary N) is 2. The van der Waals surface area contributed by atoms with Gasteiger partial charge in [0.25, 0.3) is 5.91 Å². The van der Waals surface area contributed by atoms with Crippen molar-refractivity contribution in [3.63, 3.8) is 0 Å². The van der Waals surface area contributed by atoms with Gasteiger partial charge in [-0.1, -0.05) is 19.9 Å². The first-order valence-electron chi connectivity index (χ1n) is 5.93. The molecule has 1 rings (SSSR count). The molecule has 1 amide bonds. The lowest BCUT2D eigenvalue weighted by Gasteiger charge is -2.26. The molecule has 0 radical (unpaired) electrons. The largest absolute Gasteiger partial charge is 0.491 e. The normalized spacial score (nSPS) is 11.3. The summed E-state index contributed by atoms with van der Waals surface area (Å²) < 4.78 is 18.9. The molecule has 0 aliphatic carbocycles. The molecule has 0 bridgehead atoms. The molecular weight excluding hydrogens is 235 g/mol. The van der Waals surface area contributed by atoms with Crippen molar-refractivity contribution in [1.82, 2.24) is 0 Å². The summed E-state index contributed by atoms with van der Waals surface area (Å²) in [4.78, 5) is 11.2. The van der Waals surface area contributed by atoms with Gasteiger partial charge in [0, 0.05) is 5.54 Å². The lowest BCUT2D eigenvalue weighted by Crippen LogP contribution is -2.44. The highest BCUT2D eigenvalue weighted by Crippen LogP contribution is 2.23. The van der Waals surface area contributed by atoms with Crippen molar-refractivity contribution < 1.29 is 13.9 Å². The van der Waals surface area contributed by atoms with E-state index in [1.54, 1.807) is 0 Å². The van der Waals surface area contributed by atoms with E-state index >= 15 is 0 Å². The van der Waals surface area contributed by atoms with Crippen LogP contribution in [0, 0.1) is 5.82 Å². The van der Waals surface area contributed by atoms with Gasteiger partial charge in [0.05, 0.1) is 0 Å². The molecule has 0 atom stereocenters. The molecule has 0 spiro atoms. The monoisotopic (exact) mass is 254 g/mol. The zero-order valence-corrected chi connectivity index (χ0v) is 10.7. The van der Waals surface area contributed by atoms with E-state index in [9.17, 15) is 9.18 Å². The number of carbonyl (C=O) groups excluding carboxylic acids is 1. The highest BCUT2D eigenvalue weighted by atomic mass is 19.1. The number of benzene rings is 1. The molecule has 0 fully saturated rings. The number of hydrogen-bond acceptors (Lipinski definition) is 3. The van der Waals surface area contributed by atoms with Gasteiger partial charge in [0.2, 0.25) is 0 Å². The van der Waals surface area contributed by atoms with Gasteiger partial charge < -0.3 is 16.2 Å². The highest BCUT2D eigenvalue weighted by molar-refractivity contribution is 5.95. The molecule has 1 aromatic carbocycles. The molecule has 4 nitrogen and oxygen atoms in total. The number of primary amides is 1. The predicted octanol–water partition coefficient (Wildman–Crippen LogP) is 1.82. The van der Waals surface area contributed by atoms with Gasteiger partial charge in [-0.15, -0.1) is 0 Å². The van der Waals surface area contributed by atoms with Gasteiger partial charge in [-0.3, -0.25) is 4.79 Å². The Morgan fingerprint density at radius 2 is 2.00 bits per heavy atom. The summed E-state index contributed by atoms with van der Waals surface area (Å²) in [7, 11) is 0. The Hall–Kier alpha value is -1.62. The molecule has 0 aliphatic heterocycles. The van der Waals surface area contributed by atoms with Crippen LogP contribution in [0.15, 0.2) is 18.2 Å². The molecule has 0 saturated heterocycles. The van der Waals surface area contributed by atoms with Crippen molar-refractivity contribution >= 4 is 5.91 Å². The number of ether oxygens (including phenoxy) is 1. The second-order valence-corrected chi connectivity index (χ2v) is 4.34. The van der Waals surface area contributed by atoms with E-state index in [2.05, 4.69) is 0 Å². The standard InChI is InChI=1S/C13H19FN2O2/c1-3-13(16,4-2)8-18-10-7-5-6-9(14)11(10)12(15)17/h5-7H,3-4,8,16H2,1-2H3,(H2,15,17). The molecule has 1 aromatic rings. The molecular formula is C13H19FN2O2. The quantitative estimate of drug-likeness (QED) is 0.812. The number of halogens is 1. The Morgan fingerprint density at radius 1 is 1.39 bits per heavy atom. The summed E-state index contributed by atoms with van der Waals surface area (Å²) in [5.74, 6) is -1.39. The van der Waals surface area contributed by atoms with Gasteiger partial charge in [-0.25, -0.2) is 4.39 Å². The third kappa shape index (κ3) is 3.20. The van der Waals surface area contributed by atoms with E-state index < -0.39 is 17.3 Å². The van der Waals surface area contributed by atoms with Crippen molar-refractivity contribution in [3.05, 3.63) is 29.6 Å². The zero-order chi connectivity index (χ0) is 13.8. The topological polar surface area (TPSA) is 78.3 Å². The fourth-order valence-electron chi connectivity index (χ4n) is 1.54. The van der Waals surface area contributed by atoms with Crippen LogP contribution >= 0.6 is 0 Å². The second kappa shape index (κ2) is 5.82. The van der Waals surface area contributed by atoms with Crippen LogP contribution in [0.5, 0.6) is 5.75 Å². The Labute approximate surface area is 106 Å². The summed E-state index contributed by atoms with van der Waals surface area (Å²) in [5, 5.41) is 0. The van der Waals surface area contributed by atoms with E-state index in [-0.39, 0.29) is 17.9 Å². The van der Waals surface area contributed by atoms with Crippen LogP contribution in [0.3, 0.4) is 0 Å². The Kier molecular flexibility index (Phi) is 4.67. The van der Waals surface area contributed by atoms with E-state index in [1.165, 1.54) is 18.2 Å². The average molecular weight is 254 g/mol. The van der Waals surface area contributed by atoms with E-state index in [0.29, 0.717) is 0 Å². The van der Waals surface area contributed by atoms with Crippen LogP contribution in [-0.4, -0.2) is 18.1 Å². The molecule has 0 saturated carbocycles. The minimum atomic E-state index is -0.848. The number of hydrogen-bond donors (Lipinski definition) is 2. The summed E-state index contributed by atoms with van der Waals surface area (Å²) in [5.41, 5.74) is 10.5. The van der Waals surface area contributed by atoms with Gasteiger partial charge in [-0.05, 0) is 25.0 Å². The molecule has 0 heterocycles. The highest BCUT2D eigenvalue weighted by Gasteiger charge is 2.23. The molecule has 0 unspecified atom stereocenters. The van der Waals surface area contributed by atoms with Crippen molar-refractivity contribution in [2.24, 2.45) is 11.5 Å². The first-order valence-corrected chi connectivity index (χ1v) is 5.93. The van der Waals surface area contributed by atoms with Gasteiger partial charge in [0.1, 0.15) is 23.7 Å². The maximum absolute atomic E-state index is 13.5. The van der Waals surface area contributed by atoms with Gasteiger partial charge in [0.15, 0.2) is 0 Å². The Balaban J connectivity index is 2.92. The zero-order valence-electron chi connectivity index (χ0n) is 10.7. The molecule has 5 heteroatoms. The maximum atomic E-state index is 13.5. The number of amides is 1. The fourth-order valence-corrected chi connectivity index (χ4v) is 1.54. The SMILES string of the molecule is CCC(N)(CC)COc1cccc(F)c1C(N)=O. The Morgan fingerprint density at radius 3 is 2.50 bits per heavy atom. The van der Waals surface area contributed by atoms with Crippen molar-refractivity contribution in [3.8, 4) is 5.75 Å². The predicted molar refractivity (Wildman–Crippen MR) is 67.9 cm³/mol. The van der Waals surface area contributed by atoms with Crippen LogP contribution in [0.2, 0.25) is 0 Å². The maximum Gasteiger partial charge on any atom is 0.255 e. The average Bonchev–Trinajstić information content (AvgIpc) is 2.35. The summed E-state index contributed by atoms with van der Waals surface area (Å²) >= 11 is 0. The van der Waals surface area contributed by atoms with Crippen molar-refractivity contribution in [1.29, 1.82) is 0 Å². The lowest BCUT2D eigenvalue weighted by molar-refractivity contribution is 0.0989. The molecule has 100 valence electrons. The third-order valence-electron chi connectivity index (χ3n) is 3.15. The molecule has 0 aromatic heterocycles. The molecule has 18 heavy (non-hydrogen) atoms. The van der Waals surface area contributed by atoms with Crippen LogP contribution < -0.4 is 16.2 Å². The summed E-state index contributed by atoms with van der Waals surface area (Å²) in [6.07, 6.45) is 1.45. The van der Waals surface area contributed by atoms with Crippen LogP contribution in [0.1, 0.15) is 37.0 Å². The first kappa shape index (κ1) is 14.4. The van der Waals surface area contributed by atoms with Gasteiger partial charge >= 0.3 is 0 Å². The van der Waals surface area contributed by atoms with Gasteiger partial charge in [-0.2, -0.15) is 0 Å². The van der Waals surface area contributed by atoms with Crippen LogP contribution in [0.25, 0.3) is 0 Å². The fraction of sp³-hybridized carbons (Fsp3) is 0.462. The third-order valence-corrected chi connectivity index (χ3v) is 3.15. The minimum absolute atomic E-state index is 0.138. The number of carbonyl (C=O) groups is 1. The summed E-state index contributed by atoms with van der Waals surface area (Å²) in [6.45, 7) is 4.12. The molecule has 0 aliphatic rings. The number of rotatable bonds is 6. The van der Waals surface area contributed by atoms with Crippen molar-refractivity contribution in [2.45, 2.75) is 32.2 Å². The first-order chi connectivity index (χ1) is 8.43. The smallest absolute Gasteiger partial charge is 0.255 e. The summed E-state index contributed by atoms with van der Waals surface area (Å²) in [6, 6.07) is 4.14. The Bertz CT molecular complexity index is 431. The van der Waals surface area contributed by atoms with E-state index in [4.69, 9.17) is 16.2 Å². The van der Waals surface area contributed by atoms with Crippen LogP contribution in [0.4, 0.5) is 4.39 Å². The minimum Gasteiger partial charge on any atom is -0.491 e. The van der Waals surface area contributed by atoms with Crippen LogP contribution in [-0.2, 0) is 0 Å². The van der Waals surface area contributed by atoms with E-state index in [0.717, 1.165) is 12.8 Å². The van der Waals surface area contributed by atoms with Crippen molar-refractivity contribution in [2.75, 3.05) is 6.61 Å². The second-order valence-electron chi connectivity index (χ2n) is 4.34. The lowest BCUT2D eigenvalue weighted by atomic mass is 9.95. The molecule has 4 N–H and O–H groups in total.